The molecule has 0 saturated heterocycles. The van der Waals surface area contributed by atoms with Crippen molar-refractivity contribution in [2.24, 2.45) is 0 Å². The minimum absolute atomic E-state index is 0.0714. The molecule has 1 aliphatic rings. The number of halogens is 1. The van der Waals surface area contributed by atoms with Gasteiger partial charge in [-0.15, -0.1) is 0 Å². The predicted octanol–water partition coefficient (Wildman–Crippen LogP) is 4.35. The molecule has 0 unspecified atom stereocenters. The van der Waals surface area contributed by atoms with Crippen LogP contribution in [-0.2, 0) is 11.2 Å². The summed E-state index contributed by atoms with van der Waals surface area (Å²) >= 11 is 3.39. The third-order valence-corrected chi connectivity index (χ3v) is 4.33. The van der Waals surface area contributed by atoms with Crippen LogP contribution in [0.1, 0.15) is 25.0 Å². The topological polar surface area (TPSA) is 41.1 Å². The summed E-state index contributed by atoms with van der Waals surface area (Å²) in [5.74, 6) is -0.137. The van der Waals surface area contributed by atoms with Crippen molar-refractivity contribution < 1.29 is 4.79 Å². The first kappa shape index (κ1) is 15.8. The number of hydrogen-bond donors (Lipinski definition) is 2. The Labute approximate surface area is 144 Å². The van der Waals surface area contributed by atoms with Crippen molar-refractivity contribution >= 4 is 33.2 Å². The van der Waals surface area contributed by atoms with Gasteiger partial charge in [0, 0.05) is 33.0 Å². The van der Waals surface area contributed by atoms with Gasteiger partial charge >= 0.3 is 0 Å². The number of nitrogens with one attached hydrogen (secondary N) is 2. The Bertz CT molecular complexity index is 763. The first-order chi connectivity index (χ1) is 10.9. The van der Waals surface area contributed by atoms with Crippen LogP contribution in [0.2, 0.25) is 0 Å². The van der Waals surface area contributed by atoms with Gasteiger partial charge in [-0.2, -0.15) is 0 Å². The second-order valence-electron chi connectivity index (χ2n) is 6.40. The molecule has 23 heavy (non-hydrogen) atoms. The molecule has 0 atom stereocenters. The third kappa shape index (κ3) is 3.82. The molecular weight excluding hydrogens is 352 g/mol. The minimum atomic E-state index is -0.137. The van der Waals surface area contributed by atoms with Crippen molar-refractivity contribution in [3.05, 3.63) is 70.2 Å². The van der Waals surface area contributed by atoms with Crippen LogP contribution in [0, 0.1) is 0 Å². The third-order valence-electron chi connectivity index (χ3n) is 3.80. The van der Waals surface area contributed by atoms with Gasteiger partial charge in [-0.25, -0.2) is 0 Å². The van der Waals surface area contributed by atoms with Crippen molar-refractivity contribution in [3.63, 3.8) is 0 Å². The molecule has 2 N–H and O–H groups in total. The molecular formula is C19H19BrN2O. The predicted molar refractivity (Wildman–Crippen MR) is 98.1 cm³/mol. The monoisotopic (exact) mass is 370 g/mol. The average Bonchev–Trinajstić information content (AvgIpc) is 2.48. The molecule has 1 amide bonds. The van der Waals surface area contributed by atoms with Crippen LogP contribution in [0.4, 0.5) is 5.69 Å². The van der Waals surface area contributed by atoms with Gasteiger partial charge < -0.3 is 10.6 Å². The van der Waals surface area contributed by atoms with Gasteiger partial charge in [0.15, 0.2) is 0 Å². The standard InChI is InChI=1S/C19H19BrN2O/c1-19(2)12-13-5-3-4-6-16(13)17(22-19)11-18(23)21-15-9-7-14(20)8-10-15/h3-11,22H,12H2,1-2H3,(H,21,23). The molecule has 0 aromatic heterocycles. The SMILES string of the molecule is CC1(C)Cc2ccccc2C(=CC(=O)Nc2ccc(Br)cc2)N1. The van der Waals surface area contributed by atoms with E-state index in [1.54, 1.807) is 6.08 Å². The van der Waals surface area contributed by atoms with E-state index in [4.69, 9.17) is 0 Å². The van der Waals surface area contributed by atoms with Gasteiger partial charge in [0.1, 0.15) is 0 Å². The zero-order valence-electron chi connectivity index (χ0n) is 13.2. The Morgan fingerprint density at radius 2 is 1.87 bits per heavy atom. The maximum Gasteiger partial charge on any atom is 0.250 e. The number of fused-ring (bicyclic) bond motifs is 1. The number of anilines is 1. The summed E-state index contributed by atoms with van der Waals surface area (Å²) in [6, 6.07) is 15.8. The zero-order chi connectivity index (χ0) is 16.4. The molecule has 0 bridgehead atoms. The van der Waals surface area contributed by atoms with E-state index in [9.17, 15) is 4.79 Å². The molecule has 1 heterocycles. The zero-order valence-corrected chi connectivity index (χ0v) is 14.8. The van der Waals surface area contributed by atoms with Crippen molar-refractivity contribution in [2.75, 3.05) is 5.32 Å². The fourth-order valence-corrected chi connectivity index (χ4v) is 3.11. The van der Waals surface area contributed by atoms with Crippen LogP contribution < -0.4 is 10.6 Å². The highest BCUT2D eigenvalue weighted by molar-refractivity contribution is 9.10. The lowest BCUT2D eigenvalue weighted by Crippen LogP contribution is -2.44. The lowest BCUT2D eigenvalue weighted by Gasteiger charge is -2.35. The lowest BCUT2D eigenvalue weighted by molar-refractivity contribution is -0.111. The molecule has 0 fully saturated rings. The highest BCUT2D eigenvalue weighted by atomic mass is 79.9. The van der Waals surface area contributed by atoms with Gasteiger partial charge in [-0.05, 0) is 50.1 Å². The van der Waals surface area contributed by atoms with Gasteiger partial charge in [-0.3, -0.25) is 4.79 Å². The summed E-state index contributed by atoms with van der Waals surface area (Å²) in [5.41, 5.74) is 3.93. The van der Waals surface area contributed by atoms with Crippen LogP contribution in [-0.4, -0.2) is 11.4 Å². The molecule has 2 aromatic carbocycles. The first-order valence-electron chi connectivity index (χ1n) is 7.58. The lowest BCUT2D eigenvalue weighted by atomic mass is 9.86. The summed E-state index contributed by atoms with van der Waals surface area (Å²) in [5, 5.41) is 6.37. The van der Waals surface area contributed by atoms with E-state index in [0.29, 0.717) is 0 Å². The van der Waals surface area contributed by atoms with Crippen molar-refractivity contribution in [1.29, 1.82) is 0 Å². The fraction of sp³-hybridized carbons (Fsp3) is 0.211. The van der Waals surface area contributed by atoms with Gasteiger partial charge in [0.05, 0.1) is 0 Å². The molecule has 0 radical (unpaired) electrons. The summed E-state index contributed by atoms with van der Waals surface area (Å²) in [6.45, 7) is 4.28. The van der Waals surface area contributed by atoms with Crippen molar-refractivity contribution in [1.82, 2.24) is 5.32 Å². The second-order valence-corrected chi connectivity index (χ2v) is 7.31. The van der Waals surface area contributed by atoms with Crippen LogP contribution in [0.5, 0.6) is 0 Å². The molecule has 3 rings (SSSR count). The maximum atomic E-state index is 12.3. The highest BCUT2D eigenvalue weighted by Crippen LogP contribution is 2.29. The molecule has 4 heteroatoms. The minimum Gasteiger partial charge on any atom is -0.379 e. The van der Waals surface area contributed by atoms with E-state index in [1.807, 2.05) is 36.4 Å². The molecule has 2 aromatic rings. The summed E-state index contributed by atoms with van der Waals surface area (Å²) in [7, 11) is 0. The van der Waals surface area contributed by atoms with E-state index in [0.717, 1.165) is 27.8 Å². The molecule has 1 aliphatic heterocycles. The number of amides is 1. The summed E-state index contributed by atoms with van der Waals surface area (Å²) in [4.78, 5) is 12.3. The van der Waals surface area contributed by atoms with E-state index < -0.39 is 0 Å². The van der Waals surface area contributed by atoms with Gasteiger partial charge in [-0.1, -0.05) is 40.2 Å². The molecule has 0 aliphatic carbocycles. The Balaban J connectivity index is 1.86. The molecule has 118 valence electrons. The molecule has 3 nitrogen and oxygen atoms in total. The van der Waals surface area contributed by atoms with Gasteiger partial charge in [0.2, 0.25) is 5.91 Å². The van der Waals surface area contributed by atoms with Crippen LogP contribution in [0.25, 0.3) is 5.70 Å². The first-order valence-corrected chi connectivity index (χ1v) is 8.37. The molecule has 0 saturated carbocycles. The largest absolute Gasteiger partial charge is 0.379 e. The average molecular weight is 371 g/mol. The summed E-state index contributed by atoms with van der Waals surface area (Å²) < 4.78 is 0.985. The van der Waals surface area contributed by atoms with E-state index in [-0.39, 0.29) is 11.4 Å². The smallest absolute Gasteiger partial charge is 0.250 e. The fourth-order valence-electron chi connectivity index (χ4n) is 2.85. The Hall–Kier alpha value is -2.07. The second kappa shape index (κ2) is 6.20. The number of hydrogen-bond acceptors (Lipinski definition) is 2. The van der Waals surface area contributed by atoms with E-state index in [2.05, 4.69) is 52.5 Å². The van der Waals surface area contributed by atoms with E-state index in [1.165, 1.54) is 5.56 Å². The van der Waals surface area contributed by atoms with Crippen LogP contribution in [0.15, 0.2) is 59.1 Å². The quantitative estimate of drug-likeness (QED) is 0.771. The normalized spacial score (nSPS) is 17.3. The maximum absolute atomic E-state index is 12.3. The highest BCUT2D eigenvalue weighted by Gasteiger charge is 2.27. The number of carbonyl (C=O) groups excluding carboxylic acids is 1. The van der Waals surface area contributed by atoms with Crippen LogP contribution in [0.3, 0.4) is 0 Å². The Kier molecular flexibility index (Phi) is 4.26. The van der Waals surface area contributed by atoms with E-state index >= 15 is 0 Å². The molecule has 0 spiro atoms. The van der Waals surface area contributed by atoms with Crippen molar-refractivity contribution in [2.45, 2.75) is 25.8 Å². The Morgan fingerprint density at radius 1 is 1.17 bits per heavy atom. The number of carbonyl (C=O) groups is 1. The summed E-state index contributed by atoms with van der Waals surface area (Å²) in [6.07, 6.45) is 2.58. The van der Waals surface area contributed by atoms with Crippen molar-refractivity contribution in [3.8, 4) is 0 Å². The number of benzene rings is 2. The van der Waals surface area contributed by atoms with Gasteiger partial charge in [0.25, 0.3) is 0 Å². The Morgan fingerprint density at radius 3 is 2.61 bits per heavy atom. The van der Waals surface area contributed by atoms with Crippen LogP contribution >= 0.6 is 15.9 Å². The number of rotatable bonds is 2.